The van der Waals surface area contributed by atoms with Crippen LogP contribution in [-0.4, -0.2) is 95.2 Å². The number of rotatable bonds is 8. The molecule has 1 aromatic rings. The highest BCUT2D eigenvalue weighted by molar-refractivity contribution is 5.89. The van der Waals surface area contributed by atoms with Crippen LogP contribution >= 0.6 is 0 Å². The number of aliphatic hydroxyl groups is 3. The van der Waals surface area contributed by atoms with Crippen molar-refractivity contribution < 1.29 is 48.6 Å². The molecule has 3 heterocycles. The standard InChI is InChI=1S/C28H37NO10/c1-26(2,33)8-9-28(34,23(30)24(31)36-4)25(32)39-22-20(35-3)14-27-7-5-10-29(27)11-6-16-12-18-19(38-15-37-18)13-17(16)21(22)27/h12-14,21-23,30,33-34H,5-11,15H2,1-4H3/t21-,22-,23-,27+,28-/m1/s1. The molecule has 214 valence electrons. The Hall–Kier alpha value is -2.86. The summed E-state index contributed by atoms with van der Waals surface area (Å²) < 4.78 is 27.7. The van der Waals surface area contributed by atoms with E-state index in [1.165, 1.54) is 21.0 Å². The molecular formula is C28H37NO10. The maximum atomic E-state index is 13.7. The van der Waals surface area contributed by atoms with E-state index in [1.807, 2.05) is 18.2 Å². The monoisotopic (exact) mass is 547 g/mol. The highest BCUT2D eigenvalue weighted by Gasteiger charge is 2.60. The quantitative estimate of drug-likeness (QED) is 0.403. The lowest BCUT2D eigenvalue weighted by atomic mass is 9.77. The van der Waals surface area contributed by atoms with Crippen molar-refractivity contribution in [1.82, 2.24) is 4.90 Å². The zero-order valence-corrected chi connectivity index (χ0v) is 22.8. The molecule has 1 saturated heterocycles. The molecule has 3 aliphatic heterocycles. The molecule has 0 aromatic heterocycles. The molecule has 11 heteroatoms. The molecule has 1 aliphatic carbocycles. The van der Waals surface area contributed by atoms with Crippen molar-refractivity contribution in [2.75, 3.05) is 34.1 Å². The number of carbonyl (C=O) groups excluding carboxylic acids is 2. The zero-order valence-electron chi connectivity index (χ0n) is 22.8. The number of nitrogens with zero attached hydrogens (tertiary/aromatic N) is 1. The van der Waals surface area contributed by atoms with Gasteiger partial charge in [0.1, 0.15) is 5.76 Å². The molecule has 0 radical (unpaired) electrons. The fraction of sp³-hybridized carbons (Fsp3) is 0.643. The van der Waals surface area contributed by atoms with E-state index in [0.717, 1.165) is 50.6 Å². The second kappa shape index (κ2) is 9.96. The van der Waals surface area contributed by atoms with Gasteiger partial charge in [-0.15, -0.1) is 0 Å². The van der Waals surface area contributed by atoms with Gasteiger partial charge in [-0.05, 0) is 81.8 Å². The predicted octanol–water partition coefficient (Wildman–Crippen LogP) is 1.16. The van der Waals surface area contributed by atoms with Crippen molar-refractivity contribution in [2.45, 2.75) is 80.8 Å². The number of carbonyl (C=O) groups is 2. The Morgan fingerprint density at radius 1 is 1.15 bits per heavy atom. The Labute approximate surface area is 227 Å². The molecule has 4 aliphatic rings. The maximum Gasteiger partial charge on any atom is 0.342 e. The zero-order chi connectivity index (χ0) is 28.2. The van der Waals surface area contributed by atoms with E-state index in [9.17, 15) is 24.9 Å². The Balaban J connectivity index is 1.55. The third kappa shape index (κ3) is 4.65. The molecule has 1 fully saturated rings. The molecule has 0 amide bonds. The summed E-state index contributed by atoms with van der Waals surface area (Å²) in [4.78, 5) is 28.4. The predicted molar refractivity (Wildman–Crippen MR) is 136 cm³/mol. The summed E-state index contributed by atoms with van der Waals surface area (Å²) >= 11 is 0. The highest BCUT2D eigenvalue weighted by atomic mass is 16.7. The summed E-state index contributed by atoms with van der Waals surface area (Å²) in [5.74, 6) is -1.11. The van der Waals surface area contributed by atoms with Crippen LogP contribution in [0.3, 0.4) is 0 Å². The van der Waals surface area contributed by atoms with Crippen molar-refractivity contribution in [3.8, 4) is 11.5 Å². The number of fused-ring (bicyclic) bond motifs is 3. The maximum absolute atomic E-state index is 13.7. The molecule has 1 aromatic carbocycles. The first kappa shape index (κ1) is 27.7. The minimum atomic E-state index is -2.67. The van der Waals surface area contributed by atoms with Gasteiger partial charge in [-0.1, -0.05) is 0 Å². The molecule has 39 heavy (non-hydrogen) atoms. The summed E-state index contributed by atoms with van der Waals surface area (Å²) in [6.07, 6.45) is 0.799. The van der Waals surface area contributed by atoms with Crippen LogP contribution in [0.5, 0.6) is 11.5 Å². The first-order valence-corrected chi connectivity index (χ1v) is 13.3. The van der Waals surface area contributed by atoms with Gasteiger partial charge in [-0.3, -0.25) is 4.90 Å². The second-order valence-corrected chi connectivity index (χ2v) is 11.5. The van der Waals surface area contributed by atoms with Gasteiger partial charge in [0, 0.05) is 6.54 Å². The van der Waals surface area contributed by atoms with Gasteiger partial charge in [-0.25, -0.2) is 9.59 Å². The van der Waals surface area contributed by atoms with Gasteiger partial charge < -0.3 is 39.0 Å². The SMILES string of the molecule is COC(=O)[C@@H](O)[C@](O)(CCC(C)(C)O)C(=O)O[C@@H]1C(OC)=C[C@]23CCCN2CCc2cc4c(cc2[C@H]13)OCO4. The number of aliphatic hydroxyl groups excluding tert-OH is 1. The van der Waals surface area contributed by atoms with Gasteiger partial charge >= 0.3 is 11.9 Å². The Morgan fingerprint density at radius 2 is 1.87 bits per heavy atom. The molecular weight excluding hydrogens is 510 g/mol. The molecule has 3 N–H and O–H groups in total. The van der Waals surface area contributed by atoms with Crippen molar-refractivity contribution in [3.63, 3.8) is 0 Å². The number of benzene rings is 1. The molecule has 1 spiro atoms. The van der Waals surface area contributed by atoms with E-state index in [1.54, 1.807) is 0 Å². The lowest BCUT2D eigenvalue weighted by Gasteiger charge is -2.40. The lowest BCUT2D eigenvalue weighted by Crippen LogP contribution is -2.56. The van der Waals surface area contributed by atoms with Crippen molar-refractivity contribution in [3.05, 3.63) is 35.1 Å². The Kier molecular flexibility index (Phi) is 7.07. The van der Waals surface area contributed by atoms with E-state index < -0.39 is 53.2 Å². The van der Waals surface area contributed by atoms with Gasteiger partial charge in [0.15, 0.2) is 29.3 Å². The van der Waals surface area contributed by atoms with Gasteiger partial charge in [0.05, 0.1) is 31.3 Å². The number of hydrogen-bond acceptors (Lipinski definition) is 11. The second-order valence-electron chi connectivity index (χ2n) is 11.5. The third-order valence-corrected chi connectivity index (χ3v) is 8.55. The summed E-state index contributed by atoms with van der Waals surface area (Å²) in [6.45, 7) is 4.77. The smallest absolute Gasteiger partial charge is 0.342 e. The largest absolute Gasteiger partial charge is 0.497 e. The topological polar surface area (TPSA) is 144 Å². The van der Waals surface area contributed by atoms with Crippen molar-refractivity contribution in [1.29, 1.82) is 0 Å². The van der Waals surface area contributed by atoms with Crippen LogP contribution in [0.2, 0.25) is 0 Å². The van der Waals surface area contributed by atoms with Crippen LogP contribution in [0.15, 0.2) is 24.0 Å². The van der Waals surface area contributed by atoms with E-state index in [0.29, 0.717) is 17.3 Å². The van der Waals surface area contributed by atoms with Crippen LogP contribution in [-0.2, 0) is 30.2 Å². The summed E-state index contributed by atoms with van der Waals surface area (Å²) in [7, 11) is 2.54. The average Bonchev–Trinajstić information content (AvgIpc) is 3.59. The minimum Gasteiger partial charge on any atom is -0.497 e. The van der Waals surface area contributed by atoms with Crippen LogP contribution in [0, 0.1) is 0 Å². The van der Waals surface area contributed by atoms with Gasteiger partial charge in [0.25, 0.3) is 0 Å². The first-order chi connectivity index (χ1) is 18.4. The molecule has 5 atom stereocenters. The first-order valence-electron chi connectivity index (χ1n) is 13.3. The van der Waals surface area contributed by atoms with Gasteiger partial charge in [-0.2, -0.15) is 0 Å². The van der Waals surface area contributed by atoms with E-state index in [2.05, 4.69) is 9.64 Å². The van der Waals surface area contributed by atoms with Crippen LogP contribution in [0.1, 0.15) is 56.6 Å². The number of hydrogen-bond donors (Lipinski definition) is 3. The van der Waals surface area contributed by atoms with Crippen molar-refractivity contribution in [2.24, 2.45) is 0 Å². The van der Waals surface area contributed by atoms with Crippen LogP contribution in [0.4, 0.5) is 0 Å². The summed E-state index contributed by atoms with van der Waals surface area (Å²) in [5, 5.41) is 32.4. The molecule has 11 nitrogen and oxygen atoms in total. The van der Waals surface area contributed by atoms with E-state index in [4.69, 9.17) is 18.9 Å². The van der Waals surface area contributed by atoms with Crippen LogP contribution < -0.4 is 9.47 Å². The molecule has 0 saturated carbocycles. The van der Waals surface area contributed by atoms with E-state index in [-0.39, 0.29) is 13.2 Å². The third-order valence-electron chi connectivity index (χ3n) is 8.55. The summed E-state index contributed by atoms with van der Waals surface area (Å²) in [5.41, 5.74) is -2.48. The lowest BCUT2D eigenvalue weighted by molar-refractivity contribution is -0.196. The number of esters is 2. The van der Waals surface area contributed by atoms with Crippen molar-refractivity contribution >= 4 is 11.9 Å². The minimum absolute atomic E-state index is 0.0995. The normalized spacial score (nSPS) is 27.8. The Bertz CT molecular complexity index is 1180. The fourth-order valence-electron chi connectivity index (χ4n) is 6.47. The average molecular weight is 548 g/mol. The molecule has 0 bridgehead atoms. The number of ether oxygens (including phenoxy) is 5. The Morgan fingerprint density at radius 3 is 2.54 bits per heavy atom. The summed E-state index contributed by atoms with van der Waals surface area (Å²) in [6, 6.07) is 3.90. The van der Waals surface area contributed by atoms with Crippen LogP contribution in [0.25, 0.3) is 0 Å². The molecule has 5 rings (SSSR count). The fourth-order valence-corrected chi connectivity index (χ4v) is 6.47. The highest BCUT2D eigenvalue weighted by Crippen LogP contribution is 2.55. The number of methoxy groups -OCH3 is 2. The van der Waals surface area contributed by atoms with E-state index >= 15 is 0 Å². The van der Waals surface area contributed by atoms with Gasteiger partial charge in [0.2, 0.25) is 6.79 Å². The molecule has 0 unspecified atom stereocenters.